The van der Waals surface area contributed by atoms with Gasteiger partial charge in [-0.05, 0) is 77.8 Å². The number of carbonyl (C=O) groups excluding carboxylic acids is 1. The molecule has 0 aromatic rings. The molecule has 0 aromatic heterocycles. The minimum atomic E-state index is -2.39. The molecule has 0 aromatic carbocycles. The zero-order chi connectivity index (χ0) is 32.7. The van der Waals surface area contributed by atoms with E-state index in [-0.39, 0.29) is 5.97 Å². The average Bonchev–Trinajstić information content (AvgIpc) is 2.91. The number of rotatable bonds is 30. The summed E-state index contributed by atoms with van der Waals surface area (Å²) < 4.78 is 19.4. The smallest absolute Gasteiger partial charge is 0.329 e. The molecule has 0 unspecified atom stereocenters. The Morgan fingerprint density at radius 1 is 0.581 bits per heavy atom. The topological polar surface area (TPSA) is 44.8 Å². The zero-order valence-corrected chi connectivity index (χ0v) is 34.5. The fourth-order valence-electron chi connectivity index (χ4n) is 6.78. The molecule has 0 aliphatic carbocycles. The van der Waals surface area contributed by atoms with Gasteiger partial charge in [-0.1, -0.05) is 104 Å². The highest BCUT2D eigenvalue weighted by Crippen LogP contribution is 2.62. The summed E-state index contributed by atoms with van der Waals surface area (Å²) >= 11 is 0. The van der Waals surface area contributed by atoms with Crippen LogP contribution in [0.2, 0.25) is 39.3 Å². The van der Waals surface area contributed by atoms with E-state index in [1.54, 1.807) is 0 Å². The van der Waals surface area contributed by atoms with E-state index in [4.69, 9.17) is 13.0 Å². The lowest BCUT2D eigenvalue weighted by atomic mass is 10.1. The molecule has 256 valence electrons. The van der Waals surface area contributed by atoms with E-state index in [1.165, 1.54) is 146 Å². The molecular weight excluding hydrogens is 600 g/mol. The largest absolute Gasteiger partial charge is 0.463 e. The predicted molar refractivity (Wildman–Crippen MR) is 202 cm³/mol. The predicted octanol–water partition coefficient (Wildman–Crippen LogP) is 12.0. The maximum Gasteiger partial charge on any atom is 0.329 e. The van der Waals surface area contributed by atoms with Gasteiger partial charge >= 0.3 is 14.5 Å². The van der Waals surface area contributed by atoms with Crippen molar-refractivity contribution in [2.24, 2.45) is 0 Å². The maximum atomic E-state index is 11.7. The number of carbonyl (C=O) groups is 1. The molecule has 0 saturated heterocycles. The van der Waals surface area contributed by atoms with Gasteiger partial charge in [-0.3, -0.25) is 0 Å². The van der Waals surface area contributed by atoms with Gasteiger partial charge < -0.3 is 13.0 Å². The van der Waals surface area contributed by atoms with Crippen molar-refractivity contribution in [1.29, 1.82) is 0 Å². The average molecular weight is 676 g/mol. The summed E-state index contributed by atoms with van der Waals surface area (Å²) in [5, 5.41) is 0. The van der Waals surface area contributed by atoms with Crippen LogP contribution in [0.1, 0.15) is 136 Å². The summed E-state index contributed by atoms with van der Waals surface area (Å²) in [7, 11) is -7.70. The lowest BCUT2D eigenvalue weighted by Gasteiger charge is -2.40. The second kappa shape index (κ2) is 24.4. The Morgan fingerprint density at radius 3 is 1.30 bits per heavy atom. The third-order valence-electron chi connectivity index (χ3n) is 8.45. The van der Waals surface area contributed by atoms with Gasteiger partial charge in [0.25, 0.3) is 0 Å². The van der Waals surface area contributed by atoms with Crippen LogP contribution in [0.15, 0.2) is 12.7 Å². The van der Waals surface area contributed by atoms with Crippen LogP contribution >= 0.6 is 7.26 Å². The van der Waals surface area contributed by atoms with Crippen LogP contribution in [0.25, 0.3) is 0 Å². The number of ether oxygens (including phenoxy) is 1. The van der Waals surface area contributed by atoms with Crippen LogP contribution in [-0.4, -0.2) is 61.7 Å². The quantitative estimate of drug-likeness (QED) is 0.0250. The van der Waals surface area contributed by atoms with Crippen molar-refractivity contribution in [3.63, 3.8) is 0 Å². The summed E-state index contributed by atoms with van der Waals surface area (Å²) in [5.41, 5.74) is 0. The molecule has 0 fully saturated rings. The third kappa shape index (κ3) is 24.1. The molecule has 0 aliphatic heterocycles. The second-order valence-electron chi connectivity index (χ2n) is 14.9. The van der Waals surface area contributed by atoms with E-state index in [0.717, 1.165) is 0 Å². The molecule has 0 amide bonds. The molecule has 0 spiro atoms. The van der Waals surface area contributed by atoms with E-state index in [2.05, 4.69) is 66.6 Å². The molecular formula is C35H76O4PSi3+. The Kier molecular flexibility index (Phi) is 24.5. The fraction of sp³-hybridized carbons (Fsp3) is 0.914. The van der Waals surface area contributed by atoms with Crippen molar-refractivity contribution in [2.75, 3.05) is 30.5 Å². The molecule has 0 heterocycles. The highest BCUT2D eigenvalue weighted by Gasteiger charge is 2.47. The number of esters is 1. The van der Waals surface area contributed by atoms with Gasteiger partial charge in [-0.2, -0.15) is 0 Å². The van der Waals surface area contributed by atoms with Crippen molar-refractivity contribution < 1.29 is 17.8 Å². The summed E-state index contributed by atoms with van der Waals surface area (Å²) in [5.74, 6) is 0.986. The van der Waals surface area contributed by atoms with Crippen molar-refractivity contribution in [2.45, 2.75) is 176 Å². The van der Waals surface area contributed by atoms with Gasteiger partial charge in [0.1, 0.15) is 6.23 Å². The first kappa shape index (κ1) is 43.2. The Balaban J connectivity index is 5.71. The molecule has 0 bridgehead atoms. The molecule has 0 N–H and O–H groups in total. The van der Waals surface area contributed by atoms with E-state index in [9.17, 15) is 4.79 Å². The van der Waals surface area contributed by atoms with Gasteiger partial charge in [0.15, 0.2) is 0 Å². The molecule has 0 aliphatic rings. The van der Waals surface area contributed by atoms with Crippen LogP contribution in [0, 0.1) is 0 Å². The van der Waals surface area contributed by atoms with Crippen LogP contribution < -0.4 is 0 Å². The second-order valence-corrected chi connectivity index (χ2v) is 32.0. The normalized spacial score (nSPS) is 13.0. The lowest BCUT2D eigenvalue weighted by molar-refractivity contribution is -0.136. The Labute approximate surface area is 274 Å². The first-order chi connectivity index (χ1) is 20.3. The van der Waals surface area contributed by atoms with Crippen LogP contribution in [0.5, 0.6) is 0 Å². The lowest BCUT2D eigenvalue weighted by Crippen LogP contribution is -2.55. The first-order valence-electron chi connectivity index (χ1n) is 18.3. The van der Waals surface area contributed by atoms with E-state index < -0.39 is 32.5 Å². The van der Waals surface area contributed by atoms with Gasteiger partial charge in [-0.15, -0.1) is 0 Å². The molecule has 4 nitrogen and oxygen atoms in total. The summed E-state index contributed by atoms with van der Waals surface area (Å²) in [6.07, 6.45) is 31.0. The van der Waals surface area contributed by atoms with Gasteiger partial charge in [-0.25, -0.2) is 4.79 Å². The van der Waals surface area contributed by atoms with Gasteiger partial charge in [0.05, 0.1) is 24.3 Å². The molecule has 0 radical (unpaired) electrons. The van der Waals surface area contributed by atoms with Crippen molar-refractivity contribution in [3.05, 3.63) is 12.7 Å². The SMILES string of the molecule is C=CC(=O)OC[Si](C)(C)O[Si](C)(C)O[Si](C)(C)C[P+](CCCCCCCC)(CCCCCCCC)CCCCCCCC. The molecule has 43 heavy (non-hydrogen) atoms. The molecule has 0 saturated carbocycles. The van der Waals surface area contributed by atoms with E-state index in [0.29, 0.717) is 6.23 Å². The Bertz CT molecular complexity index is 674. The number of unbranched alkanes of at least 4 members (excludes halogenated alkanes) is 15. The number of hydrogen-bond acceptors (Lipinski definition) is 4. The highest BCUT2D eigenvalue weighted by molar-refractivity contribution is 7.77. The first-order valence-corrected chi connectivity index (χ1v) is 29.9. The van der Waals surface area contributed by atoms with Crippen molar-refractivity contribution in [1.82, 2.24) is 0 Å². The maximum absolute atomic E-state index is 11.7. The van der Waals surface area contributed by atoms with E-state index >= 15 is 0 Å². The molecule has 8 heteroatoms. The minimum Gasteiger partial charge on any atom is -0.463 e. The molecule has 0 rings (SSSR count). The Morgan fingerprint density at radius 2 is 0.930 bits per heavy atom. The van der Waals surface area contributed by atoms with E-state index in [1.807, 2.05) is 0 Å². The zero-order valence-electron chi connectivity index (χ0n) is 30.6. The monoisotopic (exact) mass is 675 g/mol. The summed E-state index contributed by atoms with van der Waals surface area (Å²) in [6, 6.07) is 0. The van der Waals surface area contributed by atoms with Gasteiger partial charge in [0.2, 0.25) is 16.6 Å². The Hall–Kier alpha value is 0.211. The van der Waals surface area contributed by atoms with Crippen LogP contribution in [0.4, 0.5) is 0 Å². The summed E-state index contributed by atoms with van der Waals surface area (Å²) in [6.45, 7) is 24.2. The summed E-state index contributed by atoms with van der Waals surface area (Å²) in [4.78, 5) is 11.7. The van der Waals surface area contributed by atoms with Crippen molar-refractivity contribution >= 4 is 38.4 Å². The van der Waals surface area contributed by atoms with Gasteiger partial charge in [0, 0.05) is 13.3 Å². The number of hydrogen-bond donors (Lipinski definition) is 0. The van der Waals surface area contributed by atoms with Crippen LogP contribution in [0.3, 0.4) is 0 Å². The van der Waals surface area contributed by atoms with Crippen LogP contribution in [-0.2, 0) is 17.8 Å². The highest BCUT2D eigenvalue weighted by atomic mass is 31.2. The fourth-order valence-corrected chi connectivity index (χ4v) is 31.2. The standard InChI is InChI=1S/C35H76O4PSi3/c1-11-15-18-21-24-27-30-40(31-28-25-22-19-16-12-2,32-29-26-23-20-17-13-3)34-42(7,8)39-43(9,10)38-41(5,6)33-37-35(36)14-4/h14H,4,11-13,15-34H2,1-3,5-10H3/q+1. The van der Waals surface area contributed by atoms with Crippen molar-refractivity contribution in [3.8, 4) is 0 Å². The third-order valence-corrected chi connectivity index (χ3v) is 27.2. The molecule has 0 atom stereocenters. The minimum absolute atomic E-state index is 0.352.